The molecule has 0 atom stereocenters. The smallest absolute Gasteiger partial charge is 0.418 e. The summed E-state index contributed by atoms with van der Waals surface area (Å²) in [5, 5.41) is 17.8. The number of nitrogens with one attached hydrogen (secondary N) is 1. The predicted octanol–water partition coefficient (Wildman–Crippen LogP) is 2.41. The van der Waals surface area contributed by atoms with Crippen LogP contribution in [-0.2, 0) is 0 Å². The predicted molar refractivity (Wildman–Crippen MR) is 48.0 cm³/mol. The number of hydrogen-bond donors (Lipinski definition) is 2. The number of H-pyrrole nitrogens is 1. The molecule has 0 bridgehead atoms. The van der Waals surface area contributed by atoms with Gasteiger partial charge in [-0.2, -0.15) is 4.98 Å². The minimum Gasteiger partial charge on any atom is -0.418 e. The van der Waals surface area contributed by atoms with E-state index in [0.717, 1.165) is 6.20 Å². The lowest BCUT2D eigenvalue weighted by Crippen LogP contribution is -2.02. The normalized spacial score (nSPS) is 9.24. The maximum absolute atomic E-state index is 9.89. The first-order chi connectivity index (χ1) is 7.61. The molecule has 0 fully saturated rings. The van der Waals surface area contributed by atoms with Crippen LogP contribution in [0.3, 0.4) is 0 Å². The highest BCUT2D eigenvalue weighted by molar-refractivity contribution is 6.50. The fourth-order valence-corrected chi connectivity index (χ4v) is 0.526. The van der Waals surface area contributed by atoms with Crippen LogP contribution in [0.5, 0.6) is 0 Å². The monoisotopic (exact) mass is 281 g/mol. The molecule has 1 aromatic heterocycles. The topological polar surface area (TPSA) is 121 Å². The van der Waals surface area contributed by atoms with Gasteiger partial charge in [0.05, 0.1) is 0 Å². The summed E-state index contributed by atoms with van der Waals surface area (Å²) in [6.07, 6.45) is 1.06. The molecule has 8 nitrogen and oxygen atoms in total. The van der Waals surface area contributed by atoms with Gasteiger partial charge in [-0.3, -0.25) is 0 Å². The Labute approximate surface area is 94.8 Å². The standard InChI is InChI=1S/C3H2ClN3O2.BF4.HNO2/c4-3-5-1-2(6-3)7(8)9;2-1(3,4)5;2-1-3/h1H,(H,5,6);;(H,2,3)/q;-1;. The van der Waals surface area contributed by atoms with E-state index in [1.165, 1.54) is 5.34 Å². The second kappa shape index (κ2) is 8.26. The summed E-state index contributed by atoms with van der Waals surface area (Å²) in [6.45, 7) is 0. The summed E-state index contributed by atoms with van der Waals surface area (Å²) in [4.78, 5) is 23.0. The first-order valence-electron chi connectivity index (χ1n) is 3.30. The number of nitrogens with zero attached hydrogens (tertiary/aromatic N) is 3. The van der Waals surface area contributed by atoms with E-state index in [0.29, 0.717) is 0 Å². The van der Waals surface area contributed by atoms with E-state index in [1.807, 2.05) is 0 Å². The van der Waals surface area contributed by atoms with E-state index >= 15 is 0 Å². The highest BCUT2D eigenvalue weighted by Crippen LogP contribution is 2.08. The number of aromatic nitrogens is 2. The number of rotatable bonds is 1. The van der Waals surface area contributed by atoms with Crippen LogP contribution in [0.4, 0.5) is 23.1 Å². The zero-order valence-electron chi connectivity index (χ0n) is 7.56. The third kappa shape index (κ3) is 16.7. The molecule has 98 valence electrons. The molecule has 0 aliphatic carbocycles. The SMILES string of the molecule is F[B-](F)(F)F.O=NO.O=[N+]([O-])c1cnc(Cl)[nH]1. The molecule has 0 saturated heterocycles. The van der Waals surface area contributed by atoms with Crippen LogP contribution in [-0.4, -0.2) is 27.4 Å². The van der Waals surface area contributed by atoms with E-state index in [4.69, 9.17) is 21.7 Å². The van der Waals surface area contributed by atoms with Crippen LogP contribution in [0.25, 0.3) is 0 Å². The summed E-state index contributed by atoms with van der Waals surface area (Å²) >= 11 is 5.23. The lowest BCUT2D eigenvalue weighted by Gasteiger charge is -1.94. The van der Waals surface area contributed by atoms with Crippen molar-refractivity contribution in [3.63, 3.8) is 0 Å². The molecule has 0 aliphatic rings. The van der Waals surface area contributed by atoms with Crippen LogP contribution in [0.15, 0.2) is 11.5 Å². The molecule has 0 amide bonds. The molecular weight excluding hydrogens is 278 g/mol. The summed E-state index contributed by atoms with van der Waals surface area (Å²) < 4.78 is 39.0. The Morgan fingerprint density at radius 3 is 2.00 bits per heavy atom. The van der Waals surface area contributed by atoms with Crippen molar-refractivity contribution < 1.29 is 27.4 Å². The molecule has 1 rings (SSSR count). The first kappa shape index (κ1) is 17.5. The Balaban J connectivity index is 0. The van der Waals surface area contributed by atoms with Crippen molar-refractivity contribution >= 4 is 24.7 Å². The van der Waals surface area contributed by atoms with E-state index < -0.39 is 12.2 Å². The maximum atomic E-state index is 9.89. The summed E-state index contributed by atoms with van der Waals surface area (Å²) in [5.41, 5.74) is 0. The molecule has 0 radical (unpaired) electrons. The van der Waals surface area contributed by atoms with Gasteiger partial charge < -0.3 is 32.6 Å². The quantitative estimate of drug-likeness (QED) is 0.269. The van der Waals surface area contributed by atoms with Crippen LogP contribution < -0.4 is 0 Å². The van der Waals surface area contributed by atoms with Gasteiger partial charge in [-0.05, 0) is 16.5 Å². The average molecular weight is 281 g/mol. The second-order valence-electron chi connectivity index (χ2n) is 1.89. The second-order valence-corrected chi connectivity index (χ2v) is 2.25. The Kier molecular flexibility index (Phi) is 8.49. The van der Waals surface area contributed by atoms with E-state index in [1.54, 1.807) is 0 Å². The third-order valence-corrected chi connectivity index (χ3v) is 0.920. The van der Waals surface area contributed by atoms with Crippen LogP contribution in [0.2, 0.25) is 5.28 Å². The fraction of sp³-hybridized carbons (Fsp3) is 0. The Hall–Kier alpha value is -1.92. The van der Waals surface area contributed by atoms with Crippen molar-refractivity contribution in [2.24, 2.45) is 5.34 Å². The van der Waals surface area contributed by atoms with Gasteiger partial charge in [-0.1, -0.05) is 0 Å². The van der Waals surface area contributed by atoms with Crippen LogP contribution in [0.1, 0.15) is 0 Å². The van der Waals surface area contributed by atoms with Gasteiger partial charge in [-0.25, -0.2) is 4.98 Å². The maximum Gasteiger partial charge on any atom is 0.673 e. The van der Waals surface area contributed by atoms with Gasteiger partial charge >= 0.3 is 13.1 Å². The van der Waals surface area contributed by atoms with Crippen molar-refractivity contribution in [1.82, 2.24) is 9.97 Å². The van der Waals surface area contributed by atoms with Crippen molar-refractivity contribution in [3.8, 4) is 0 Å². The van der Waals surface area contributed by atoms with Crippen LogP contribution in [0, 0.1) is 15.0 Å². The van der Waals surface area contributed by atoms with Crippen molar-refractivity contribution in [2.45, 2.75) is 0 Å². The molecule has 0 spiro atoms. The fourth-order valence-electron chi connectivity index (χ4n) is 0.381. The lowest BCUT2D eigenvalue weighted by atomic mass is 10.3. The minimum atomic E-state index is -6.00. The Bertz CT molecular complexity index is 353. The zero-order chi connectivity index (χ0) is 14.1. The van der Waals surface area contributed by atoms with Gasteiger partial charge in [0, 0.05) is 0 Å². The van der Waals surface area contributed by atoms with Gasteiger partial charge in [0.15, 0.2) is 5.34 Å². The summed E-state index contributed by atoms with van der Waals surface area (Å²) in [7, 11) is -6.00. The van der Waals surface area contributed by atoms with Crippen molar-refractivity contribution in [1.29, 1.82) is 0 Å². The van der Waals surface area contributed by atoms with Crippen LogP contribution >= 0.6 is 11.6 Å². The van der Waals surface area contributed by atoms with Gasteiger partial charge in [-0.15, -0.1) is 4.91 Å². The number of halogens is 5. The highest BCUT2D eigenvalue weighted by Gasteiger charge is 2.20. The van der Waals surface area contributed by atoms with Gasteiger partial charge in [0.25, 0.3) is 5.28 Å². The average Bonchev–Trinajstić information content (AvgIpc) is 2.50. The first-order valence-corrected chi connectivity index (χ1v) is 3.68. The number of aromatic amines is 1. The van der Waals surface area contributed by atoms with E-state index in [9.17, 15) is 27.4 Å². The molecule has 0 saturated carbocycles. The van der Waals surface area contributed by atoms with Crippen molar-refractivity contribution in [3.05, 3.63) is 26.5 Å². The molecule has 2 N–H and O–H groups in total. The molecule has 14 heteroatoms. The molecule has 0 unspecified atom stereocenters. The van der Waals surface area contributed by atoms with Gasteiger partial charge in [0.2, 0.25) is 0 Å². The van der Waals surface area contributed by atoms with E-state index in [2.05, 4.69) is 9.97 Å². The lowest BCUT2D eigenvalue weighted by molar-refractivity contribution is -0.389. The van der Waals surface area contributed by atoms with Crippen molar-refractivity contribution in [2.75, 3.05) is 0 Å². The summed E-state index contributed by atoms with van der Waals surface area (Å²) in [5.74, 6) is -0.194. The number of imidazole rings is 1. The third-order valence-electron chi connectivity index (χ3n) is 0.728. The molecule has 1 heterocycles. The minimum absolute atomic E-state index is 0.0294. The highest BCUT2D eigenvalue weighted by atomic mass is 35.5. The Morgan fingerprint density at radius 1 is 1.53 bits per heavy atom. The largest absolute Gasteiger partial charge is 0.673 e. The molecule has 17 heavy (non-hydrogen) atoms. The van der Waals surface area contributed by atoms with E-state index in [-0.39, 0.29) is 11.1 Å². The molecule has 1 aromatic rings. The molecule has 0 aliphatic heterocycles. The molecular formula is C3H3BClF4N4O4-. The zero-order valence-corrected chi connectivity index (χ0v) is 8.31. The van der Waals surface area contributed by atoms with Gasteiger partial charge in [0.1, 0.15) is 6.20 Å². The summed E-state index contributed by atoms with van der Waals surface area (Å²) in [6, 6.07) is 0. The number of nitro groups is 1. The molecule has 0 aromatic carbocycles. The Morgan fingerprint density at radius 2 is 1.88 bits per heavy atom. The number of hydrogen-bond acceptors (Lipinski definition) is 5.